The number of H-pyrrole nitrogens is 1. The maximum absolute atomic E-state index is 11.4. The van der Waals surface area contributed by atoms with Crippen LogP contribution in [0.5, 0.6) is 0 Å². The molecule has 1 aromatic heterocycles. The molecule has 0 atom stereocenters. The van der Waals surface area contributed by atoms with E-state index in [0.717, 1.165) is 0 Å². The number of hydrogen-bond acceptors (Lipinski definition) is 5. The van der Waals surface area contributed by atoms with Crippen molar-refractivity contribution >= 4 is 24.0 Å². The van der Waals surface area contributed by atoms with Crippen LogP contribution in [0.1, 0.15) is 20.7 Å². The maximum Gasteiger partial charge on any atom is 0.250 e. The first kappa shape index (κ1) is 11.9. The van der Waals surface area contributed by atoms with Gasteiger partial charge in [-0.25, -0.2) is 4.68 Å². The Morgan fingerprint density at radius 1 is 1.28 bits per heavy atom. The molecule has 92 valence electrons. The average molecular weight is 264 g/mol. The highest BCUT2D eigenvalue weighted by atomic mass is 32.1. The van der Waals surface area contributed by atoms with Crippen molar-refractivity contribution in [1.29, 1.82) is 0 Å². The highest BCUT2D eigenvalue weighted by molar-refractivity contribution is 7.71. The molecular weight excluding hydrogens is 256 g/mol. The number of amides is 2. The van der Waals surface area contributed by atoms with Gasteiger partial charge in [0, 0.05) is 5.56 Å². The molecule has 18 heavy (non-hydrogen) atoms. The Morgan fingerprint density at radius 3 is 2.50 bits per heavy atom. The van der Waals surface area contributed by atoms with Gasteiger partial charge in [0.1, 0.15) is 0 Å². The zero-order valence-corrected chi connectivity index (χ0v) is 9.77. The minimum absolute atomic E-state index is 0.0912. The summed E-state index contributed by atoms with van der Waals surface area (Å²) in [5, 5.41) is 9.57. The fraction of sp³-hybridized carbons (Fsp3) is 0. The van der Waals surface area contributed by atoms with E-state index in [1.54, 1.807) is 0 Å². The summed E-state index contributed by atoms with van der Waals surface area (Å²) in [6.07, 6.45) is 0. The third-order valence-electron chi connectivity index (χ3n) is 2.26. The first-order valence-corrected chi connectivity index (χ1v) is 5.15. The average Bonchev–Trinajstić information content (AvgIpc) is 2.74. The van der Waals surface area contributed by atoms with Crippen LogP contribution in [0.4, 0.5) is 0 Å². The first-order valence-electron chi connectivity index (χ1n) is 4.75. The second kappa shape index (κ2) is 4.37. The van der Waals surface area contributed by atoms with Crippen LogP contribution < -0.4 is 11.5 Å². The molecule has 0 aliphatic rings. The van der Waals surface area contributed by atoms with Gasteiger partial charge in [-0.05, 0) is 30.4 Å². The van der Waals surface area contributed by atoms with Gasteiger partial charge in [0.05, 0.1) is 11.3 Å². The van der Waals surface area contributed by atoms with Crippen LogP contribution in [0.3, 0.4) is 0 Å². The third-order valence-corrected chi connectivity index (χ3v) is 2.52. The van der Waals surface area contributed by atoms with Crippen LogP contribution in [-0.4, -0.2) is 32.0 Å². The molecule has 0 radical (unpaired) electrons. The summed E-state index contributed by atoms with van der Waals surface area (Å²) in [7, 11) is 0. The van der Waals surface area contributed by atoms with Gasteiger partial charge in [-0.15, -0.1) is 0 Å². The zero-order valence-electron chi connectivity index (χ0n) is 8.95. The Bertz CT molecular complexity index is 688. The van der Waals surface area contributed by atoms with E-state index in [1.807, 2.05) is 0 Å². The standard InChI is InChI=1S/C9H8N6O2S/c10-7(16)4-1-2-6(5(3-4)8(11)17)15-9(18)12-13-14-15/h1-3H,(H2,10,16)(H2,11,17)(H,12,14,18). The highest BCUT2D eigenvalue weighted by Gasteiger charge is 2.14. The molecule has 1 aromatic carbocycles. The van der Waals surface area contributed by atoms with Gasteiger partial charge in [0.25, 0.3) is 5.91 Å². The van der Waals surface area contributed by atoms with E-state index in [1.165, 1.54) is 22.9 Å². The van der Waals surface area contributed by atoms with Crippen molar-refractivity contribution < 1.29 is 9.59 Å². The fourth-order valence-electron chi connectivity index (χ4n) is 1.44. The summed E-state index contributed by atoms with van der Waals surface area (Å²) < 4.78 is 1.42. The minimum Gasteiger partial charge on any atom is -0.366 e. The number of rotatable bonds is 3. The van der Waals surface area contributed by atoms with Gasteiger partial charge in [0.2, 0.25) is 10.7 Å². The molecule has 1 heterocycles. The number of carbonyl (C=O) groups excluding carboxylic acids is 2. The minimum atomic E-state index is -0.718. The van der Waals surface area contributed by atoms with Crippen molar-refractivity contribution in [3.05, 3.63) is 34.1 Å². The second-order valence-corrected chi connectivity index (χ2v) is 3.74. The number of hydrogen-bond donors (Lipinski definition) is 3. The van der Waals surface area contributed by atoms with Crippen molar-refractivity contribution in [2.75, 3.05) is 0 Å². The van der Waals surface area contributed by atoms with Gasteiger partial charge in [0.15, 0.2) is 0 Å². The summed E-state index contributed by atoms with van der Waals surface area (Å²) in [4.78, 5) is 22.4. The molecule has 0 aliphatic carbocycles. The Kier molecular flexibility index (Phi) is 2.90. The Labute approximate surface area is 106 Å². The zero-order chi connectivity index (χ0) is 13.3. The number of aromatic amines is 1. The summed E-state index contributed by atoms with van der Waals surface area (Å²) in [6.45, 7) is 0. The van der Waals surface area contributed by atoms with Crippen LogP contribution >= 0.6 is 12.2 Å². The van der Waals surface area contributed by atoms with Gasteiger partial charge in [-0.2, -0.15) is 5.21 Å². The first-order chi connectivity index (χ1) is 8.50. The van der Waals surface area contributed by atoms with E-state index in [4.69, 9.17) is 23.7 Å². The summed E-state index contributed by atoms with van der Waals surface area (Å²) in [5.41, 5.74) is 11.0. The maximum atomic E-state index is 11.4. The van der Waals surface area contributed by atoms with E-state index in [9.17, 15) is 9.59 Å². The number of carbonyl (C=O) groups is 2. The summed E-state index contributed by atoms with van der Waals surface area (Å²) in [6, 6.07) is 4.23. The molecule has 0 bridgehead atoms. The SMILES string of the molecule is NC(=O)c1ccc(-n2[nH]nnc2=S)c(C(N)=O)c1. The Balaban J connectivity index is 2.69. The predicted molar refractivity (Wildman–Crippen MR) is 63.6 cm³/mol. The van der Waals surface area contributed by atoms with Crippen molar-refractivity contribution in [1.82, 2.24) is 20.2 Å². The summed E-state index contributed by atoms with van der Waals surface area (Å²) in [5.74, 6) is -1.38. The molecule has 5 N–H and O–H groups in total. The van der Waals surface area contributed by atoms with E-state index in [2.05, 4.69) is 15.5 Å². The Hall–Kier alpha value is -2.55. The van der Waals surface area contributed by atoms with Gasteiger partial charge in [-0.1, -0.05) is 10.3 Å². The molecule has 8 nitrogen and oxygen atoms in total. The van der Waals surface area contributed by atoms with E-state index >= 15 is 0 Å². The lowest BCUT2D eigenvalue weighted by Crippen LogP contribution is -2.18. The molecule has 2 amide bonds. The fourth-order valence-corrected chi connectivity index (χ4v) is 1.62. The molecular formula is C9H8N6O2S. The number of aromatic nitrogens is 4. The second-order valence-electron chi connectivity index (χ2n) is 3.38. The van der Waals surface area contributed by atoms with Crippen molar-refractivity contribution in [2.45, 2.75) is 0 Å². The van der Waals surface area contributed by atoms with Crippen molar-refractivity contribution in [3.63, 3.8) is 0 Å². The van der Waals surface area contributed by atoms with Crippen LogP contribution in [0, 0.1) is 4.77 Å². The topological polar surface area (TPSA) is 133 Å². The number of primary amides is 2. The van der Waals surface area contributed by atoms with Gasteiger partial charge < -0.3 is 11.5 Å². The lowest BCUT2D eigenvalue weighted by atomic mass is 10.1. The molecule has 0 aliphatic heterocycles. The molecule has 9 heteroatoms. The van der Waals surface area contributed by atoms with Gasteiger partial charge in [-0.3, -0.25) is 9.59 Å². The number of nitrogens with two attached hydrogens (primary N) is 2. The van der Waals surface area contributed by atoms with Gasteiger partial charge >= 0.3 is 0 Å². The largest absolute Gasteiger partial charge is 0.366 e. The lowest BCUT2D eigenvalue weighted by Gasteiger charge is -2.07. The molecule has 0 fully saturated rings. The van der Waals surface area contributed by atoms with Crippen LogP contribution in [-0.2, 0) is 0 Å². The molecule has 0 saturated carbocycles. The molecule has 0 unspecified atom stereocenters. The lowest BCUT2D eigenvalue weighted by molar-refractivity contribution is 0.0998. The smallest absolute Gasteiger partial charge is 0.250 e. The van der Waals surface area contributed by atoms with Crippen LogP contribution in [0.25, 0.3) is 5.69 Å². The monoisotopic (exact) mass is 264 g/mol. The molecule has 2 rings (SSSR count). The predicted octanol–water partition coefficient (Wildman–Crippen LogP) is -0.477. The van der Waals surface area contributed by atoms with Crippen molar-refractivity contribution in [2.24, 2.45) is 11.5 Å². The van der Waals surface area contributed by atoms with E-state index in [0.29, 0.717) is 5.69 Å². The number of tetrazole rings is 1. The highest BCUT2D eigenvalue weighted by Crippen LogP contribution is 2.15. The normalized spacial score (nSPS) is 10.2. The number of nitrogens with zero attached hydrogens (tertiary/aromatic N) is 3. The number of benzene rings is 1. The van der Waals surface area contributed by atoms with Crippen LogP contribution in [0.15, 0.2) is 18.2 Å². The van der Waals surface area contributed by atoms with E-state index in [-0.39, 0.29) is 15.9 Å². The number of nitrogens with one attached hydrogen (secondary N) is 1. The van der Waals surface area contributed by atoms with Crippen LogP contribution in [0.2, 0.25) is 0 Å². The van der Waals surface area contributed by atoms with Crippen molar-refractivity contribution in [3.8, 4) is 5.69 Å². The van der Waals surface area contributed by atoms with E-state index < -0.39 is 11.8 Å². The quantitative estimate of drug-likeness (QED) is 0.644. The molecule has 0 spiro atoms. The molecule has 0 saturated heterocycles. The Morgan fingerprint density at radius 2 is 2.00 bits per heavy atom. The summed E-state index contributed by atoms with van der Waals surface area (Å²) >= 11 is 4.91. The third kappa shape index (κ3) is 1.98. The molecule has 2 aromatic rings.